The van der Waals surface area contributed by atoms with Crippen LogP contribution in [0, 0.1) is 46.3 Å². The summed E-state index contributed by atoms with van der Waals surface area (Å²) in [5, 5.41) is 0. The maximum absolute atomic E-state index is 12.7. The molecule has 4 saturated carbocycles. The van der Waals surface area contributed by atoms with Gasteiger partial charge in [-0.25, -0.2) is 0 Å². The lowest BCUT2D eigenvalue weighted by Crippen LogP contribution is -2.60. The number of alkyl halides is 2. The topological polar surface area (TPSA) is 69.7 Å². The van der Waals surface area contributed by atoms with Crippen LogP contribution in [0.25, 0.3) is 0 Å². The molecular weight excluding hydrogens is 463 g/mol. The Hall–Kier alpha value is -0.810. The van der Waals surface area contributed by atoms with Gasteiger partial charge in [-0.3, -0.25) is 14.4 Å². The standard InChI is InChI=1S/C26H38Cl2O5/c1-14-9-19-18-6-5-16-10-17(32-21(30)12-27)7-8-25(16,3)24(18)20(33-22(31)13-28)11-26(19,4)23(14)15(2)29/h14,16-20,23-24H,5-13H2,1-4H3/t14?,16?,17?,18-,19-,20?,23+,24+,25-,26-/m0/s1. The Bertz CT molecular complexity index is 802. The van der Waals surface area contributed by atoms with Crippen LogP contribution >= 0.6 is 23.2 Å². The molecule has 0 bridgehead atoms. The Balaban J connectivity index is 1.66. The molecule has 4 rings (SSSR count). The van der Waals surface area contributed by atoms with Gasteiger partial charge in [-0.15, -0.1) is 23.2 Å². The Morgan fingerprint density at radius 3 is 2.24 bits per heavy atom. The third-order valence-corrected chi connectivity index (χ3v) is 10.5. The second-order valence-electron chi connectivity index (χ2n) is 11.8. The zero-order chi connectivity index (χ0) is 24.1. The van der Waals surface area contributed by atoms with Gasteiger partial charge in [0.05, 0.1) is 0 Å². The van der Waals surface area contributed by atoms with E-state index in [1.165, 1.54) is 0 Å². The van der Waals surface area contributed by atoms with Gasteiger partial charge in [-0.1, -0.05) is 20.8 Å². The third kappa shape index (κ3) is 4.24. The Morgan fingerprint density at radius 2 is 1.61 bits per heavy atom. The molecule has 4 fully saturated rings. The van der Waals surface area contributed by atoms with Crippen molar-refractivity contribution in [1.82, 2.24) is 0 Å². The highest BCUT2D eigenvalue weighted by molar-refractivity contribution is 6.26. The number of fused-ring (bicyclic) bond motifs is 5. The molecule has 4 aliphatic rings. The summed E-state index contributed by atoms with van der Waals surface area (Å²) >= 11 is 11.5. The predicted molar refractivity (Wildman–Crippen MR) is 127 cm³/mol. The molecule has 0 amide bonds. The first-order valence-corrected chi connectivity index (χ1v) is 13.6. The lowest BCUT2D eigenvalue weighted by atomic mass is 9.43. The molecule has 0 aromatic carbocycles. The van der Waals surface area contributed by atoms with Crippen molar-refractivity contribution in [2.24, 2.45) is 46.3 Å². The van der Waals surface area contributed by atoms with E-state index in [1.54, 1.807) is 6.92 Å². The number of Topliss-reactive ketones (excluding diaryl/α,β-unsaturated/α-hetero) is 1. The van der Waals surface area contributed by atoms with Crippen LogP contribution in [-0.2, 0) is 23.9 Å². The minimum Gasteiger partial charge on any atom is -0.461 e. The van der Waals surface area contributed by atoms with Crippen molar-refractivity contribution >= 4 is 40.9 Å². The van der Waals surface area contributed by atoms with Crippen molar-refractivity contribution in [3.05, 3.63) is 0 Å². The molecule has 0 saturated heterocycles. The summed E-state index contributed by atoms with van der Waals surface area (Å²) in [5.74, 6) is 1.15. The molecule has 0 aromatic heterocycles. The molecule has 4 aliphatic carbocycles. The van der Waals surface area contributed by atoms with E-state index in [0.717, 1.165) is 44.9 Å². The zero-order valence-electron chi connectivity index (χ0n) is 20.3. The minimum absolute atomic E-state index is 0.00290. The normalized spacial score (nSPS) is 46.5. The molecular formula is C26H38Cl2O5. The summed E-state index contributed by atoms with van der Waals surface area (Å²) in [5.41, 5.74) is -0.150. The summed E-state index contributed by atoms with van der Waals surface area (Å²) in [4.78, 5) is 36.9. The van der Waals surface area contributed by atoms with E-state index in [2.05, 4.69) is 20.8 Å². The van der Waals surface area contributed by atoms with E-state index >= 15 is 0 Å². The van der Waals surface area contributed by atoms with Gasteiger partial charge in [-0.2, -0.15) is 0 Å². The van der Waals surface area contributed by atoms with E-state index in [-0.39, 0.29) is 64.4 Å². The fourth-order valence-corrected chi connectivity index (χ4v) is 9.30. The zero-order valence-corrected chi connectivity index (χ0v) is 21.8. The maximum atomic E-state index is 12.7. The van der Waals surface area contributed by atoms with E-state index in [9.17, 15) is 14.4 Å². The summed E-state index contributed by atoms with van der Waals surface area (Å²) < 4.78 is 11.7. The average molecular weight is 501 g/mol. The SMILES string of the molecule is CC(=O)[C@H]1C(C)C[C@H]2[C@@H]3CCC4CC(OC(=O)CCl)CC[C@]4(C)[C@H]3C(OC(=O)CCl)C[C@]12C. The second-order valence-corrected chi connectivity index (χ2v) is 12.3. The smallest absolute Gasteiger partial charge is 0.321 e. The van der Waals surface area contributed by atoms with Gasteiger partial charge in [-0.05, 0) is 86.4 Å². The summed E-state index contributed by atoms with van der Waals surface area (Å²) in [6, 6.07) is 0. The van der Waals surface area contributed by atoms with Gasteiger partial charge in [0, 0.05) is 11.8 Å². The number of carbonyl (C=O) groups excluding carboxylic acids is 3. The highest BCUT2D eigenvalue weighted by atomic mass is 35.5. The molecule has 0 heterocycles. The lowest BCUT2D eigenvalue weighted by molar-refractivity contribution is -0.200. The fraction of sp³-hybridized carbons (Fsp3) is 0.885. The molecule has 0 radical (unpaired) electrons. The van der Waals surface area contributed by atoms with Crippen LogP contribution in [0.1, 0.15) is 72.6 Å². The van der Waals surface area contributed by atoms with Crippen molar-refractivity contribution < 1.29 is 23.9 Å². The molecule has 33 heavy (non-hydrogen) atoms. The molecule has 4 unspecified atom stereocenters. The van der Waals surface area contributed by atoms with Gasteiger partial charge < -0.3 is 9.47 Å². The first kappa shape index (κ1) is 25.3. The van der Waals surface area contributed by atoms with Crippen molar-refractivity contribution in [3.8, 4) is 0 Å². The fourth-order valence-electron chi connectivity index (χ4n) is 9.17. The molecule has 7 heteroatoms. The van der Waals surface area contributed by atoms with Crippen LogP contribution in [0.3, 0.4) is 0 Å². The predicted octanol–water partition coefficient (Wildman–Crippen LogP) is 5.39. The van der Waals surface area contributed by atoms with Crippen LogP contribution in [0.4, 0.5) is 0 Å². The largest absolute Gasteiger partial charge is 0.461 e. The van der Waals surface area contributed by atoms with Crippen molar-refractivity contribution in [1.29, 1.82) is 0 Å². The van der Waals surface area contributed by atoms with E-state index in [4.69, 9.17) is 32.7 Å². The van der Waals surface area contributed by atoms with Gasteiger partial charge in [0.1, 0.15) is 29.8 Å². The van der Waals surface area contributed by atoms with Crippen LogP contribution in [0.5, 0.6) is 0 Å². The molecule has 0 N–H and O–H groups in total. The van der Waals surface area contributed by atoms with Crippen LogP contribution in [-0.4, -0.2) is 41.7 Å². The number of halogens is 2. The third-order valence-electron chi connectivity index (χ3n) is 10.1. The minimum atomic E-state index is -0.372. The Labute approximate surface area is 207 Å². The summed E-state index contributed by atoms with van der Waals surface area (Å²) in [6.07, 6.45) is 6.20. The maximum Gasteiger partial charge on any atom is 0.321 e. The van der Waals surface area contributed by atoms with Crippen molar-refractivity contribution in [3.63, 3.8) is 0 Å². The van der Waals surface area contributed by atoms with Gasteiger partial charge in [0.15, 0.2) is 0 Å². The Kier molecular flexibility index (Phi) is 7.15. The summed E-state index contributed by atoms with van der Waals surface area (Å²) in [7, 11) is 0. The quantitative estimate of drug-likeness (QED) is 0.373. The molecule has 186 valence electrons. The highest BCUT2D eigenvalue weighted by Crippen LogP contribution is 2.69. The van der Waals surface area contributed by atoms with Gasteiger partial charge in [0.25, 0.3) is 0 Å². The second kappa shape index (κ2) is 9.33. The van der Waals surface area contributed by atoms with E-state index < -0.39 is 0 Å². The van der Waals surface area contributed by atoms with Crippen LogP contribution < -0.4 is 0 Å². The number of carbonyl (C=O) groups is 3. The van der Waals surface area contributed by atoms with Crippen molar-refractivity contribution in [2.45, 2.75) is 84.8 Å². The van der Waals surface area contributed by atoms with Crippen LogP contribution in [0.15, 0.2) is 0 Å². The number of ether oxygens (including phenoxy) is 2. The Morgan fingerprint density at radius 1 is 0.939 bits per heavy atom. The molecule has 0 spiro atoms. The number of hydrogen-bond acceptors (Lipinski definition) is 5. The summed E-state index contributed by atoms with van der Waals surface area (Å²) in [6.45, 7) is 8.57. The molecule has 5 nitrogen and oxygen atoms in total. The monoisotopic (exact) mass is 500 g/mol. The highest BCUT2D eigenvalue weighted by Gasteiger charge is 2.66. The van der Waals surface area contributed by atoms with E-state index in [0.29, 0.717) is 23.7 Å². The first-order chi connectivity index (χ1) is 15.5. The van der Waals surface area contributed by atoms with E-state index in [1.807, 2.05) is 0 Å². The average Bonchev–Trinajstić information content (AvgIpc) is 3.03. The molecule has 0 aliphatic heterocycles. The van der Waals surface area contributed by atoms with Crippen LogP contribution in [0.2, 0.25) is 0 Å². The molecule has 10 atom stereocenters. The van der Waals surface area contributed by atoms with Crippen molar-refractivity contribution in [2.75, 3.05) is 11.8 Å². The number of esters is 2. The number of hydrogen-bond donors (Lipinski definition) is 0. The van der Waals surface area contributed by atoms with Gasteiger partial charge in [0.2, 0.25) is 0 Å². The van der Waals surface area contributed by atoms with Gasteiger partial charge >= 0.3 is 11.9 Å². The number of ketones is 1. The lowest BCUT2D eigenvalue weighted by Gasteiger charge is -2.62. The molecule has 0 aromatic rings. The number of rotatable bonds is 5. The first-order valence-electron chi connectivity index (χ1n) is 12.6.